The molecule has 4 radical (unpaired) electrons. The Morgan fingerprint density at radius 2 is 1.70 bits per heavy atom. The van der Waals surface area contributed by atoms with E-state index in [2.05, 4.69) is 0 Å². The lowest BCUT2D eigenvalue weighted by atomic mass is 9.79. The third kappa shape index (κ3) is 1.11. The van der Waals surface area contributed by atoms with Gasteiger partial charge in [-0.05, 0) is 13.8 Å². The molecule has 0 aromatic heterocycles. The summed E-state index contributed by atoms with van der Waals surface area (Å²) < 4.78 is 0. The normalized spacial score (nSPS) is 9.80. The average Bonchev–Trinajstić information content (AvgIpc) is 1.93. The van der Waals surface area contributed by atoms with Crippen molar-refractivity contribution in [2.24, 2.45) is 0 Å². The van der Waals surface area contributed by atoms with E-state index in [1.165, 1.54) is 0 Å². The fourth-order valence-corrected chi connectivity index (χ4v) is 0.881. The molecule has 0 unspecified atom stereocenters. The Kier molecular flexibility index (Phi) is 1.89. The molecule has 10 heavy (non-hydrogen) atoms. The lowest BCUT2D eigenvalue weighted by Gasteiger charge is -2.07. The van der Waals surface area contributed by atoms with Crippen molar-refractivity contribution in [3.05, 3.63) is 23.3 Å². The van der Waals surface area contributed by atoms with Gasteiger partial charge < -0.3 is 0 Å². The molecule has 0 bridgehead atoms. The highest BCUT2D eigenvalue weighted by atomic mass is 14.0. The van der Waals surface area contributed by atoms with Crippen LogP contribution in [0.1, 0.15) is 11.1 Å². The molecule has 0 aliphatic rings. The predicted molar refractivity (Wildman–Crippen MR) is 46.7 cm³/mol. The zero-order valence-electron chi connectivity index (χ0n) is 6.31. The fraction of sp³-hybridized carbons (Fsp3) is 0.250. The highest BCUT2D eigenvalue weighted by Gasteiger charge is 1.96. The van der Waals surface area contributed by atoms with E-state index in [1.54, 1.807) is 0 Å². The van der Waals surface area contributed by atoms with Crippen LogP contribution in [0.3, 0.4) is 0 Å². The highest BCUT2D eigenvalue weighted by Crippen LogP contribution is 1.93. The predicted octanol–water partition coefficient (Wildman–Crippen LogP) is -0.109. The summed E-state index contributed by atoms with van der Waals surface area (Å²) in [6, 6.07) is 3.80. The lowest BCUT2D eigenvalue weighted by molar-refractivity contribution is 1.46. The van der Waals surface area contributed by atoms with Crippen LogP contribution >= 0.6 is 0 Å². The molecule has 0 heterocycles. The molecule has 2 heteroatoms. The third-order valence-electron chi connectivity index (χ3n) is 1.77. The van der Waals surface area contributed by atoms with Gasteiger partial charge in [0.05, 0.1) is 0 Å². The molecule has 0 N–H and O–H groups in total. The molecule has 0 amide bonds. The summed E-state index contributed by atoms with van der Waals surface area (Å²) in [6.45, 7) is 3.90. The quantitative estimate of drug-likeness (QED) is 0.425. The molecule has 0 aliphatic carbocycles. The molecule has 0 nitrogen and oxygen atoms in total. The van der Waals surface area contributed by atoms with Crippen LogP contribution in [0.5, 0.6) is 0 Å². The Balaban J connectivity index is 3.34. The number of rotatable bonds is 0. The van der Waals surface area contributed by atoms with Crippen LogP contribution in [0.15, 0.2) is 12.1 Å². The summed E-state index contributed by atoms with van der Waals surface area (Å²) in [5.41, 5.74) is 3.65. The molecule has 0 saturated heterocycles. The largest absolute Gasteiger partial charge is 0.114 e. The van der Waals surface area contributed by atoms with Crippen molar-refractivity contribution < 1.29 is 0 Å². The minimum Gasteiger partial charge on any atom is -0.0944 e. The molecule has 0 saturated carbocycles. The molecule has 0 fully saturated rings. The van der Waals surface area contributed by atoms with Gasteiger partial charge in [0.15, 0.2) is 0 Å². The van der Waals surface area contributed by atoms with Crippen LogP contribution in [0.4, 0.5) is 0 Å². The van der Waals surface area contributed by atoms with Crippen molar-refractivity contribution in [2.45, 2.75) is 13.8 Å². The minimum atomic E-state index is 0.767. The van der Waals surface area contributed by atoms with Gasteiger partial charge in [-0.3, -0.25) is 0 Å². The summed E-state index contributed by atoms with van der Waals surface area (Å²) in [6.07, 6.45) is 0. The Labute approximate surface area is 64.5 Å². The van der Waals surface area contributed by atoms with E-state index in [4.69, 9.17) is 15.7 Å². The van der Waals surface area contributed by atoms with Crippen molar-refractivity contribution in [3.8, 4) is 0 Å². The van der Waals surface area contributed by atoms with Crippen molar-refractivity contribution in [1.29, 1.82) is 0 Å². The monoisotopic (exact) mass is 126 g/mol. The van der Waals surface area contributed by atoms with E-state index in [0.29, 0.717) is 0 Å². The van der Waals surface area contributed by atoms with E-state index < -0.39 is 0 Å². The molecule has 1 aromatic rings. The first kappa shape index (κ1) is 7.46. The number of hydrogen-bond acceptors (Lipinski definition) is 0. The lowest BCUT2D eigenvalue weighted by Crippen LogP contribution is -2.21. The summed E-state index contributed by atoms with van der Waals surface area (Å²) in [7, 11) is 11.3. The van der Waals surface area contributed by atoms with E-state index >= 15 is 0 Å². The van der Waals surface area contributed by atoms with Gasteiger partial charge in [-0.2, -0.15) is 0 Å². The Bertz CT molecular complexity index is 227. The minimum absolute atomic E-state index is 0.767. The Hall–Kier alpha value is -0.650. The highest BCUT2D eigenvalue weighted by molar-refractivity contribution is 6.40. The first-order valence-corrected chi connectivity index (χ1v) is 3.24. The van der Waals surface area contributed by atoms with Crippen LogP contribution in [-0.2, 0) is 0 Å². The van der Waals surface area contributed by atoms with Crippen molar-refractivity contribution in [2.75, 3.05) is 0 Å². The second kappa shape index (κ2) is 2.53. The fourth-order valence-electron chi connectivity index (χ4n) is 0.881. The maximum absolute atomic E-state index is 5.70. The van der Waals surface area contributed by atoms with Gasteiger partial charge in [-0.25, -0.2) is 0 Å². The SMILES string of the molecule is [B]c1ccc(C)c([B])c1C. The molecular formula is C8H8B2. The van der Waals surface area contributed by atoms with Gasteiger partial charge in [0, 0.05) is 0 Å². The van der Waals surface area contributed by atoms with Crippen LogP contribution in [0, 0.1) is 13.8 Å². The van der Waals surface area contributed by atoms with E-state index in [1.807, 2.05) is 26.0 Å². The standard InChI is InChI=1S/C8H8B2/c1-5-3-4-7(9)6(2)8(5)10/h3-4H,1-2H3. The second-order valence-corrected chi connectivity index (χ2v) is 2.51. The van der Waals surface area contributed by atoms with Crippen LogP contribution in [0.25, 0.3) is 0 Å². The maximum atomic E-state index is 5.70. The third-order valence-corrected chi connectivity index (χ3v) is 1.77. The number of aryl methyl sites for hydroxylation is 1. The second-order valence-electron chi connectivity index (χ2n) is 2.51. The van der Waals surface area contributed by atoms with Gasteiger partial charge in [0.1, 0.15) is 15.7 Å². The van der Waals surface area contributed by atoms with Gasteiger partial charge in [0.25, 0.3) is 0 Å². The topological polar surface area (TPSA) is 0 Å². The van der Waals surface area contributed by atoms with E-state index in [9.17, 15) is 0 Å². The van der Waals surface area contributed by atoms with Crippen LogP contribution in [0.2, 0.25) is 0 Å². The summed E-state index contributed by atoms with van der Waals surface area (Å²) in [5.74, 6) is 0. The van der Waals surface area contributed by atoms with Crippen LogP contribution in [-0.4, -0.2) is 15.7 Å². The molecule has 0 aliphatic heterocycles. The van der Waals surface area contributed by atoms with Crippen LogP contribution < -0.4 is 10.9 Å². The smallest absolute Gasteiger partial charge is 0.0944 e. The van der Waals surface area contributed by atoms with Gasteiger partial charge in [0.2, 0.25) is 0 Å². The number of benzene rings is 1. The Morgan fingerprint density at radius 1 is 1.10 bits per heavy atom. The number of hydrogen-bond donors (Lipinski definition) is 0. The van der Waals surface area contributed by atoms with Crippen molar-refractivity contribution in [3.63, 3.8) is 0 Å². The molecule has 1 aromatic carbocycles. The Morgan fingerprint density at radius 3 is 2.20 bits per heavy atom. The first-order chi connectivity index (χ1) is 4.63. The summed E-state index contributed by atoms with van der Waals surface area (Å²) in [5, 5.41) is 0. The zero-order valence-corrected chi connectivity index (χ0v) is 6.31. The van der Waals surface area contributed by atoms with Crippen molar-refractivity contribution >= 4 is 26.6 Å². The van der Waals surface area contributed by atoms with Gasteiger partial charge >= 0.3 is 0 Å². The van der Waals surface area contributed by atoms with Gasteiger partial charge in [-0.15, -0.1) is 0 Å². The molecular weight excluding hydrogens is 118 g/mol. The molecule has 1 rings (SSSR count). The zero-order chi connectivity index (χ0) is 7.72. The van der Waals surface area contributed by atoms with Gasteiger partial charge in [-0.1, -0.05) is 34.2 Å². The summed E-state index contributed by atoms with van der Waals surface area (Å²) >= 11 is 0. The summed E-state index contributed by atoms with van der Waals surface area (Å²) in [4.78, 5) is 0. The average molecular weight is 126 g/mol. The first-order valence-electron chi connectivity index (χ1n) is 3.24. The van der Waals surface area contributed by atoms with E-state index in [-0.39, 0.29) is 0 Å². The molecule has 0 spiro atoms. The van der Waals surface area contributed by atoms with E-state index in [0.717, 1.165) is 22.1 Å². The maximum Gasteiger partial charge on any atom is 0.114 e. The molecule has 0 atom stereocenters. The molecule has 46 valence electrons. The van der Waals surface area contributed by atoms with Crippen molar-refractivity contribution in [1.82, 2.24) is 0 Å².